The minimum Gasteiger partial charge on any atom is -0.497 e. The number of methoxy groups -OCH3 is 1. The Labute approximate surface area is 126 Å². The lowest BCUT2D eigenvalue weighted by molar-refractivity contribution is 0.413. The van der Waals surface area contributed by atoms with Gasteiger partial charge in [0.15, 0.2) is 0 Å². The number of hydrogen-bond acceptors (Lipinski definition) is 2. The van der Waals surface area contributed by atoms with Crippen LogP contribution in [0.25, 0.3) is 0 Å². The summed E-state index contributed by atoms with van der Waals surface area (Å²) in [5.74, 6) is 0.533. The molecule has 0 aliphatic rings. The minimum atomic E-state index is -0.581. The van der Waals surface area contributed by atoms with E-state index in [2.05, 4.69) is 15.9 Å². The van der Waals surface area contributed by atoms with Crippen molar-refractivity contribution >= 4 is 15.9 Å². The van der Waals surface area contributed by atoms with Crippen molar-refractivity contribution in [3.05, 3.63) is 63.9 Å². The van der Waals surface area contributed by atoms with Crippen LogP contribution in [0.1, 0.15) is 18.1 Å². The zero-order valence-electron chi connectivity index (χ0n) is 11.5. The van der Waals surface area contributed by atoms with Gasteiger partial charge in [-0.3, -0.25) is 0 Å². The molecule has 0 spiro atoms. The number of nitrogens with two attached hydrogens (primary N) is 1. The molecule has 0 saturated carbocycles. The summed E-state index contributed by atoms with van der Waals surface area (Å²) < 4.78 is 19.2. The van der Waals surface area contributed by atoms with E-state index >= 15 is 0 Å². The Hall–Kier alpha value is -1.39. The number of hydrogen-bond donors (Lipinski definition) is 1. The average molecular weight is 338 g/mol. The molecule has 2 aromatic carbocycles. The Morgan fingerprint density at radius 3 is 2.45 bits per heavy atom. The van der Waals surface area contributed by atoms with Gasteiger partial charge in [-0.05, 0) is 54.8 Å². The molecule has 0 radical (unpaired) electrons. The third-order valence-electron chi connectivity index (χ3n) is 3.31. The standard InChI is InChI=1S/C16H17BrFNO/c1-16(19,12-3-5-13(18)6-4-12)10-11-9-14(20-2)7-8-15(11)17/h3-9H,10,19H2,1-2H3. The fraction of sp³-hybridized carbons (Fsp3) is 0.250. The van der Waals surface area contributed by atoms with Gasteiger partial charge >= 0.3 is 0 Å². The van der Waals surface area contributed by atoms with Crippen molar-refractivity contribution in [2.75, 3.05) is 7.11 Å². The maximum atomic E-state index is 13.0. The average Bonchev–Trinajstić information content (AvgIpc) is 2.41. The second kappa shape index (κ2) is 5.94. The van der Waals surface area contributed by atoms with E-state index in [0.717, 1.165) is 21.3 Å². The molecule has 1 unspecified atom stereocenters. The normalized spacial score (nSPS) is 13.8. The summed E-state index contributed by atoms with van der Waals surface area (Å²) in [4.78, 5) is 0. The molecule has 2 aromatic rings. The molecule has 0 aliphatic carbocycles. The molecule has 0 saturated heterocycles. The Bertz CT molecular complexity index is 596. The fourth-order valence-corrected chi connectivity index (χ4v) is 2.53. The Morgan fingerprint density at radius 1 is 1.20 bits per heavy atom. The summed E-state index contributed by atoms with van der Waals surface area (Å²) in [5, 5.41) is 0. The molecular weight excluding hydrogens is 321 g/mol. The highest BCUT2D eigenvalue weighted by atomic mass is 79.9. The molecule has 1 atom stereocenters. The molecule has 0 aromatic heterocycles. The van der Waals surface area contributed by atoms with Crippen LogP contribution in [0.15, 0.2) is 46.9 Å². The highest BCUT2D eigenvalue weighted by Crippen LogP contribution is 2.29. The van der Waals surface area contributed by atoms with Gasteiger partial charge < -0.3 is 10.5 Å². The maximum Gasteiger partial charge on any atom is 0.123 e. The lowest BCUT2D eigenvalue weighted by Gasteiger charge is -2.26. The number of ether oxygens (including phenoxy) is 1. The topological polar surface area (TPSA) is 35.2 Å². The van der Waals surface area contributed by atoms with Crippen LogP contribution in [-0.4, -0.2) is 7.11 Å². The van der Waals surface area contributed by atoms with E-state index in [-0.39, 0.29) is 5.82 Å². The van der Waals surface area contributed by atoms with Crippen LogP contribution in [0.2, 0.25) is 0 Å². The third-order valence-corrected chi connectivity index (χ3v) is 4.09. The van der Waals surface area contributed by atoms with Crippen LogP contribution in [0, 0.1) is 5.82 Å². The highest BCUT2D eigenvalue weighted by molar-refractivity contribution is 9.10. The van der Waals surface area contributed by atoms with Gasteiger partial charge in [-0.2, -0.15) is 0 Å². The molecule has 0 fully saturated rings. The predicted octanol–water partition coefficient (Wildman–Crippen LogP) is 4.01. The molecule has 0 amide bonds. The highest BCUT2D eigenvalue weighted by Gasteiger charge is 2.23. The van der Waals surface area contributed by atoms with Gasteiger partial charge in [-0.15, -0.1) is 0 Å². The quantitative estimate of drug-likeness (QED) is 0.914. The van der Waals surface area contributed by atoms with Crippen LogP contribution in [0.3, 0.4) is 0 Å². The van der Waals surface area contributed by atoms with Crippen molar-refractivity contribution < 1.29 is 9.13 Å². The van der Waals surface area contributed by atoms with E-state index in [0.29, 0.717) is 6.42 Å². The molecule has 20 heavy (non-hydrogen) atoms. The van der Waals surface area contributed by atoms with Gasteiger partial charge in [0.1, 0.15) is 11.6 Å². The molecular formula is C16H17BrFNO. The number of halogens is 2. The summed E-state index contributed by atoms with van der Waals surface area (Å²) in [6, 6.07) is 12.1. The third kappa shape index (κ3) is 3.38. The summed E-state index contributed by atoms with van der Waals surface area (Å²) in [5.41, 5.74) is 7.77. The predicted molar refractivity (Wildman–Crippen MR) is 82.3 cm³/mol. The van der Waals surface area contributed by atoms with E-state index < -0.39 is 5.54 Å². The Kier molecular flexibility index (Phi) is 4.45. The molecule has 0 bridgehead atoms. The molecule has 0 aliphatic heterocycles. The fourth-order valence-electron chi connectivity index (χ4n) is 2.14. The van der Waals surface area contributed by atoms with Gasteiger partial charge in [0.2, 0.25) is 0 Å². The lowest BCUT2D eigenvalue weighted by atomic mass is 9.86. The molecule has 4 heteroatoms. The van der Waals surface area contributed by atoms with Crippen LogP contribution < -0.4 is 10.5 Å². The zero-order valence-corrected chi connectivity index (χ0v) is 13.1. The molecule has 106 valence electrons. The van der Waals surface area contributed by atoms with Crippen molar-refractivity contribution in [1.29, 1.82) is 0 Å². The number of benzene rings is 2. The largest absolute Gasteiger partial charge is 0.497 e. The summed E-state index contributed by atoms with van der Waals surface area (Å²) in [7, 11) is 1.63. The monoisotopic (exact) mass is 337 g/mol. The van der Waals surface area contributed by atoms with Gasteiger partial charge in [0.25, 0.3) is 0 Å². The van der Waals surface area contributed by atoms with E-state index in [4.69, 9.17) is 10.5 Å². The smallest absolute Gasteiger partial charge is 0.123 e. The molecule has 2 N–H and O–H groups in total. The SMILES string of the molecule is COc1ccc(Br)c(CC(C)(N)c2ccc(F)cc2)c1. The van der Waals surface area contributed by atoms with Crippen molar-refractivity contribution in [3.63, 3.8) is 0 Å². The van der Waals surface area contributed by atoms with E-state index in [1.165, 1.54) is 12.1 Å². The van der Waals surface area contributed by atoms with Crippen LogP contribution in [0.4, 0.5) is 4.39 Å². The van der Waals surface area contributed by atoms with Crippen molar-refractivity contribution in [1.82, 2.24) is 0 Å². The van der Waals surface area contributed by atoms with Crippen molar-refractivity contribution in [2.45, 2.75) is 18.9 Å². The van der Waals surface area contributed by atoms with Crippen molar-refractivity contribution in [2.24, 2.45) is 5.73 Å². The minimum absolute atomic E-state index is 0.257. The summed E-state index contributed by atoms with van der Waals surface area (Å²) >= 11 is 3.53. The van der Waals surface area contributed by atoms with Gasteiger partial charge in [0.05, 0.1) is 7.11 Å². The van der Waals surface area contributed by atoms with E-state index in [9.17, 15) is 4.39 Å². The van der Waals surface area contributed by atoms with E-state index in [1.807, 2.05) is 25.1 Å². The van der Waals surface area contributed by atoms with Crippen LogP contribution in [0.5, 0.6) is 5.75 Å². The molecule has 2 rings (SSSR count). The maximum absolute atomic E-state index is 13.0. The lowest BCUT2D eigenvalue weighted by Crippen LogP contribution is -2.35. The summed E-state index contributed by atoms with van der Waals surface area (Å²) in [6.45, 7) is 1.94. The van der Waals surface area contributed by atoms with E-state index in [1.54, 1.807) is 19.2 Å². The Balaban J connectivity index is 2.29. The van der Waals surface area contributed by atoms with Gasteiger partial charge in [-0.1, -0.05) is 28.1 Å². The first-order chi connectivity index (χ1) is 9.42. The zero-order chi connectivity index (χ0) is 14.8. The first-order valence-electron chi connectivity index (χ1n) is 6.30. The molecule has 2 nitrogen and oxygen atoms in total. The first kappa shape index (κ1) is 15.0. The van der Waals surface area contributed by atoms with Gasteiger partial charge in [-0.25, -0.2) is 4.39 Å². The van der Waals surface area contributed by atoms with Crippen molar-refractivity contribution in [3.8, 4) is 5.75 Å². The van der Waals surface area contributed by atoms with Crippen LogP contribution in [-0.2, 0) is 12.0 Å². The Morgan fingerprint density at radius 2 is 1.85 bits per heavy atom. The second-order valence-corrected chi connectivity index (χ2v) is 5.91. The second-order valence-electron chi connectivity index (χ2n) is 5.06. The first-order valence-corrected chi connectivity index (χ1v) is 7.09. The number of rotatable bonds is 4. The van der Waals surface area contributed by atoms with Crippen LogP contribution >= 0.6 is 15.9 Å². The van der Waals surface area contributed by atoms with Gasteiger partial charge in [0, 0.05) is 10.0 Å². The summed E-state index contributed by atoms with van der Waals surface area (Å²) in [6.07, 6.45) is 0.621. The molecule has 0 heterocycles.